The largest absolute Gasteiger partial charge is 0.355 e. The van der Waals surface area contributed by atoms with Crippen molar-refractivity contribution in [1.82, 2.24) is 10.2 Å². The molecule has 1 atom stereocenters. The second-order valence-electron chi connectivity index (χ2n) is 5.07. The summed E-state index contributed by atoms with van der Waals surface area (Å²) >= 11 is 1.91. The monoisotopic (exact) mass is 242 g/mol. The number of nitrogens with zero attached hydrogens (tertiary/aromatic N) is 1. The van der Waals surface area contributed by atoms with Crippen LogP contribution in [0.25, 0.3) is 0 Å². The maximum Gasteiger partial charge on any atom is 0.228 e. The Kier molecular flexibility index (Phi) is 3.15. The molecule has 0 spiro atoms. The molecule has 0 aromatic heterocycles. The van der Waals surface area contributed by atoms with Gasteiger partial charge in [-0.1, -0.05) is 0 Å². The van der Waals surface area contributed by atoms with E-state index in [1.165, 1.54) is 0 Å². The highest BCUT2D eigenvalue weighted by Gasteiger charge is 2.35. The SMILES string of the molecule is CC1(C)CN(C(=O)C2CNC(=O)C2)CCS1. The third-order valence-corrected chi connectivity index (χ3v) is 4.36. The number of amides is 2. The van der Waals surface area contributed by atoms with E-state index in [1.54, 1.807) is 0 Å². The van der Waals surface area contributed by atoms with Crippen LogP contribution in [0.15, 0.2) is 0 Å². The summed E-state index contributed by atoms with van der Waals surface area (Å²) < 4.78 is 0.143. The summed E-state index contributed by atoms with van der Waals surface area (Å²) in [6.07, 6.45) is 0.364. The molecule has 2 saturated heterocycles. The first kappa shape index (κ1) is 11.8. The van der Waals surface area contributed by atoms with Crippen molar-refractivity contribution in [2.45, 2.75) is 25.0 Å². The zero-order chi connectivity index (χ0) is 11.8. The number of rotatable bonds is 1. The smallest absolute Gasteiger partial charge is 0.228 e. The molecule has 0 bridgehead atoms. The van der Waals surface area contributed by atoms with E-state index >= 15 is 0 Å². The number of nitrogens with one attached hydrogen (secondary N) is 1. The number of hydrogen-bond acceptors (Lipinski definition) is 3. The van der Waals surface area contributed by atoms with Crippen molar-refractivity contribution in [3.63, 3.8) is 0 Å². The molecule has 4 nitrogen and oxygen atoms in total. The molecular formula is C11H18N2O2S. The molecule has 0 aliphatic carbocycles. The molecule has 1 unspecified atom stereocenters. The van der Waals surface area contributed by atoms with Crippen molar-refractivity contribution < 1.29 is 9.59 Å². The fraction of sp³-hybridized carbons (Fsp3) is 0.818. The van der Waals surface area contributed by atoms with Gasteiger partial charge in [0, 0.05) is 36.6 Å². The zero-order valence-electron chi connectivity index (χ0n) is 9.78. The number of thioether (sulfide) groups is 1. The summed E-state index contributed by atoms with van der Waals surface area (Å²) in [5, 5.41) is 2.72. The van der Waals surface area contributed by atoms with Crippen LogP contribution in [-0.2, 0) is 9.59 Å². The Morgan fingerprint density at radius 1 is 1.56 bits per heavy atom. The summed E-state index contributed by atoms with van der Waals surface area (Å²) in [5.41, 5.74) is 0. The Bertz CT molecular complexity index is 317. The normalized spacial score (nSPS) is 29.0. The van der Waals surface area contributed by atoms with E-state index in [9.17, 15) is 9.59 Å². The zero-order valence-corrected chi connectivity index (χ0v) is 10.6. The molecule has 2 aliphatic rings. The van der Waals surface area contributed by atoms with Crippen molar-refractivity contribution in [2.24, 2.45) is 5.92 Å². The molecule has 5 heteroatoms. The highest BCUT2D eigenvalue weighted by atomic mass is 32.2. The van der Waals surface area contributed by atoms with Gasteiger partial charge >= 0.3 is 0 Å². The van der Waals surface area contributed by atoms with Crippen molar-refractivity contribution >= 4 is 23.6 Å². The fourth-order valence-electron chi connectivity index (χ4n) is 2.24. The Hall–Kier alpha value is -0.710. The molecule has 2 heterocycles. The van der Waals surface area contributed by atoms with Gasteiger partial charge in [-0.05, 0) is 13.8 Å². The first-order valence-electron chi connectivity index (χ1n) is 5.67. The quantitative estimate of drug-likeness (QED) is 0.727. The van der Waals surface area contributed by atoms with Crippen molar-refractivity contribution in [3.05, 3.63) is 0 Å². The van der Waals surface area contributed by atoms with Gasteiger partial charge in [0.15, 0.2) is 0 Å². The standard InChI is InChI=1S/C11H18N2O2S/c1-11(2)7-13(3-4-16-11)10(15)8-5-9(14)12-6-8/h8H,3-7H2,1-2H3,(H,12,14). The average molecular weight is 242 g/mol. The highest BCUT2D eigenvalue weighted by molar-refractivity contribution is 8.00. The summed E-state index contributed by atoms with van der Waals surface area (Å²) in [6, 6.07) is 0. The molecule has 0 radical (unpaired) electrons. The lowest BCUT2D eigenvalue weighted by atomic mass is 10.1. The lowest BCUT2D eigenvalue weighted by molar-refractivity contribution is -0.136. The van der Waals surface area contributed by atoms with E-state index in [-0.39, 0.29) is 22.5 Å². The van der Waals surface area contributed by atoms with Gasteiger partial charge in [-0.15, -0.1) is 0 Å². The lowest BCUT2D eigenvalue weighted by Gasteiger charge is -2.38. The number of hydrogen-bond donors (Lipinski definition) is 1. The van der Waals surface area contributed by atoms with Crippen LogP contribution < -0.4 is 5.32 Å². The molecule has 90 valence electrons. The summed E-state index contributed by atoms with van der Waals surface area (Å²) in [5.74, 6) is 1.01. The van der Waals surface area contributed by atoms with E-state index in [4.69, 9.17) is 0 Å². The maximum atomic E-state index is 12.2. The van der Waals surface area contributed by atoms with Crippen LogP contribution in [0, 0.1) is 5.92 Å². The third-order valence-electron chi connectivity index (χ3n) is 3.06. The predicted octanol–water partition coefficient (Wildman–Crippen LogP) is 0.476. The molecule has 16 heavy (non-hydrogen) atoms. The van der Waals surface area contributed by atoms with Gasteiger partial charge in [0.1, 0.15) is 0 Å². The van der Waals surface area contributed by atoms with E-state index in [0.717, 1.165) is 18.8 Å². The predicted molar refractivity (Wildman–Crippen MR) is 64.2 cm³/mol. The maximum absolute atomic E-state index is 12.2. The van der Waals surface area contributed by atoms with E-state index in [0.29, 0.717) is 13.0 Å². The Balaban J connectivity index is 1.96. The van der Waals surface area contributed by atoms with Gasteiger partial charge in [0.25, 0.3) is 0 Å². The minimum atomic E-state index is -0.133. The molecule has 0 saturated carbocycles. The topological polar surface area (TPSA) is 49.4 Å². The third kappa shape index (κ3) is 2.51. The summed E-state index contributed by atoms with van der Waals surface area (Å²) in [6.45, 7) is 6.45. The van der Waals surface area contributed by atoms with E-state index in [1.807, 2.05) is 16.7 Å². The van der Waals surface area contributed by atoms with Gasteiger partial charge in [-0.3, -0.25) is 9.59 Å². The molecule has 2 fully saturated rings. The van der Waals surface area contributed by atoms with Crippen LogP contribution in [0.2, 0.25) is 0 Å². The number of carbonyl (C=O) groups is 2. The van der Waals surface area contributed by atoms with Crippen LogP contribution >= 0.6 is 11.8 Å². The molecule has 2 aliphatic heterocycles. The average Bonchev–Trinajstić information content (AvgIpc) is 2.62. The highest BCUT2D eigenvalue weighted by Crippen LogP contribution is 2.30. The van der Waals surface area contributed by atoms with Gasteiger partial charge < -0.3 is 10.2 Å². The Morgan fingerprint density at radius 3 is 2.88 bits per heavy atom. The van der Waals surface area contributed by atoms with Crippen LogP contribution in [0.1, 0.15) is 20.3 Å². The van der Waals surface area contributed by atoms with Crippen molar-refractivity contribution in [3.8, 4) is 0 Å². The molecule has 0 aromatic rings. The first-order chi connectivity index (χ1) is 7.48. The van der Waals surface area contributed by atoms with Crippen LogP contribution in [0.5, 0.6) is 0 Å². The van der Waals surface area contributed by atoms with Crippen LogP contribution in [-0.4, -0.2) is 46.8 Å². The van der Waals surface area contributed by atoms with Gasteiger partial charge in [-0.25, -0.2) is 0 Å². The Morgan fingerprint density at radius 2 is 2.31 bits per heavy atom. The Labute approximate surface area is 100 Å². The minimum absolute atomic E-state index is 0.00370. The molecule has 0 aromatic carbocycles. The van der Waals surface area contributed by atoms with Crippen molar-refractivity contribution in [2.75, 3.05) is 25.4 Å². The van der Waals surface area contributed by atoms with Gasteiger partial charge in [0.05, 0.1) is 5.92 Å². The molecular weight excluding hydrogens is 224 g/mol. The van der Waals surface area contributed by atoms with Gasteiger partial charge in [-0.2, -0.15) is 11.8 Å². The number of carbonyl (C=O) groups excluding carboxylic acids is 2. The molecule has 2 rings (SSSR count). The minimum Gasteiger partial charge on any atom is -0.355 e. The second kappa shape index (κ2) is 4.28. The lowest BCUT2D eigenvalue weighted by Crippen LogP contribution is -2.48. The van der Waals surface area contributed by atoms with E-state index < -0.39 is 0 Å². The molecule has 2 amide bonds. The second-order valence-corrected chi connectivity index (χ2v) is 6.88. The summed E-state index contributed by atoms with van der Waals surface area (Å²) in [7, 11) is 0. The van der Waals surface area contributed by atoms with Gasteiger partial charge in [0.2, 0.25) is 11.8 Å². The molecule has 1 N–H and O–H groups in total. The van der Waals surface area contributed by atoms with Crippen molar-refractivity contribution in [1.29, 1.82) is 0 Å². The fourth-order valence-corrected chi connectivity index (χ4v) is 3.35. The van der Waals surface area contributed by atoms with Crippen LogP contribution in [0.4, 0.5) is 0 Å². The van der Waals surface area contributed by atoms with E-state index in [2.05, 4.69) is 19.2 Å². The summed E-state index contributed by atoms with van der Waals surface area (Å²) in [4.78, 5) is 25.2. The first-order valence-corrected chi connectivity index (χ1v) is 6.66. The van der Waals surface area contributed by atoms with Crippen LogP contribution in [0.3, 0.4) is 0 Å².